The summed E-state index contributed by atoms with van der Waals surface area (Å²) in [6.45, 7) is 0.574. The van der Waals surface area contributed by atoms with Crippen LogP contribution >= 0.6 is 35.2 Å². The van der Waals surface area contributed by atoms with E-state index in [1.54, 1.807) is 0 Å². The number of aliphatic hydroxyl groups excluding tert-OH is 2. The molecule has 7 atom stereocenters. The SMILES string of the molecule is CC(C)(COP(=O)(O)OP(=O)(O)OC[C@H]1O[C@@H](n2cnc3c(N)ncnc32)[C@H](O)[C@@H]1OP(=O)(O)O)[C@H](O)C(=O)NCCC(=O)NCCSC(=O)C1CC1. The Morgan fingerprint density at radius 3 is 2.42 bits per heavy atom. The summed E-state index contributed by atoms with van der Waals surface area (Å²) in [4.78, 5) is 87.0. The lowest BCUT2D eigenvalue weighted by Gasteiger charge is -2.30. The van der Waals surface area contributed by atoms with Crippen molar-refractivity contribution in [1.29, 1.82) is 0 Å². The van der Waals surface area contributed by atoms with Gasteiger partial charge in [0.05, 0.1) is 19.5 Å². The number of phosphoric acid groups is 3. The van der Waals surface area contributed by atoms with Crippen LogP contribution in [-0.2, 0) is 50.7 Å². The van der Waals surface area contributed by atoms with Gasteiger partial charge < -0.3 is 50.9 Å². The molecule has 0 bridgehead atoms. The van der Waals surface area contributed by atoms with Crippen LogP contribution in [0, 0.1) is 11.3 Å². The van der Waals surface area contributed by atoms with E-state index in [2.05, 4.69) is 34.4 Å². The van der Waals surface area contributed by atoms with E-state index in [1.165, 1.54) is 13.8 Å². The molecular formula is C25H40N7O17P3S. The van der Waals surface area contributed by atoms with Crippen molar-refractivity contribution in [3.05, 3.63) is 12.7 Å². The summed E-state index contributed by atoms with van der Waals surface area (Å²) in [5.74, 6) is -0.911. The van der Waals surface area contributed by atoms with Gasteiger partial charge in [-0.1, -0.05) is 25.6 Å². The van der Waals surface area contributed by atoms with Crippen molar-refractivity contribution in [2.24, 2.45) is 11.3 Å². The van der Waals surface area contributed by atoms with Gasteiger partial charge in [-0.05, 0) is 12.8 Å². The van der Waals surface area contributed by atoms with Crippen molar-refractivity contribution in [2.45, 2.75) is 63.8 Å². The third-order valence-electron chi connectivity index (χ3n) is 7.66. The number of hydrogen-bond donors (Lipinski definition) is 9. The van der Waals surface area contributed by atoms with Crippen LogP contribution in [0.2, 0.25) is 0 Å². The first-order chi connectivity index (χ1) is 24.6. The lowest BCUT2D eigenvalue weighted by Crippen LogP contribution is -2.46. The lowest BCUT2D eigenvalue weighted by atomic mass is 9.87. The van der Waals surface area contributed by atoms with E-state index in [0.717, 1.165) is 41.8 Å². The molecule has 2 aromatic heterocycles. The second kappa shape index (κ2) is 17.6. The quantitative estimate of drug-likeness (QED) is 0.0575. The van der Waals surface area contributed by atoms with E-state index < -0.39 is 84.6 Å². The van der Waals surface area contributed by atoms with E-state index in [0.29, 0.717) is 5.75 Å². The van der Waals surface area contributed by atoms with Crippen molar-refractivity contribution in [2.75, 3.05) is 37.8 Å². The number of aromatic nitrogens is 4. The van der Waals surface area contributed by atoms with Crippen LogP contribution in [0.1, 0.15) is 39.3 Å². The fourth-order valence-electron chi connectivity index (χ4n) is 4.72. The third kappa shape index (κ3) is 12.5. The Hall–Kier alpha value is -2.44. The number of fused-ring (bicyclic) bond motifs is 1. The van der Waals surface area contributed by atoms with E-state index in [9.17, 15) is 57.9 Å². The Kier molecular flexibility index (Phi) is 14.3. The minimum Gasteiger partial charge on any atom is -0.386 e. The maximum atomic E-state index is 12.6. The number of nitrogen functional groups attached to an aromatic ring is 1. The minimum atomic E-state index is -5.56. The molecule has 53 heavy (non-hydrogen) atoms. The zero-order chi connectivity index (χ0) is 39.4. The molecule has 2 fully saturated rings. The van der Waals surface area contributed by atoms with Crippen LogP contribution in [0.15, 0.2) is 12.7 Å². The summed E-state index contributed by atoms with van der Waals surface area (Å²) < 4.78 is 62.0. The number of hydrogen-bond acceptors (Lipinski definition) is 18. The van der Waals surface area contributed by atoms with Crippen LogP contribution < -0.4 is 16.4 Å². The first kappa shape index (κ1) is 43.3. The molecule has 2 unspecified atom stereocenters. The molecule has 0 radical (unpaired) electrons. The van der Waals surface area contributed by atoms with E-state index in [1.807, 2.05) is 0 Å². The van der Waals surface area contributed by atoms with Gasteiger partial charge in [-0.15, -0.1) is 0 Å². The zero-order valence-electron chi connectivity index (χ0n) is 28.1. The molecular weight excluding hydrogens is 795 g/mol. The van der Waals surface area contributed by atoms with Crippen molar-refractivity contribution in [3.63, 3.8) is 0 Å². The Morgan fingerprint density at radius 1 is 1.08 bits per heavy atom. The van der Waals surface area contributed by atoms with Gasteiger partial charge in [0, 0.05) is 36.6 Å². The first-order valence-electron chi connectivity index (χ1n) is 15.6. The minimum absolute atomic E-state index is 0.0325. The third-order valence-corrected chi connectivity index (χ3v) is 11.8. The maximum Gasteiger partial charge on any atom is 0.481 e. The Bertz CT molecular complexity index is 1790. The normalized spacial score (nSPS) is 23.6. The predicted molar refractivity (Wildman–Crippen MR) is 180 cm³/mol. The highest BCUT2D eigenvalue weighted by atomic mass is 32.2. The molecule has 2 aliphatic rings. The average Bonchev–Trinajstić information content (AvgIpc) is 3.76. The van der Waals surface area contributed by atoms with E-state index in [-0.39, 0.29) is 47.5 Å². The van der Waals surface area contributed by atoms with Crippen LogP contribution in [0.3, 0.4) is 0 Å². The molecule has 0 aromatic carbocycles. The summed E-state index contributed by atoms with van der Waals surface area (Å²) in [6.07, 6.45) is -5.09. The molecule has 24 nitrogen and oxygen atoms in total. The second-order valence-corrected chi connectivity index (χ2v) is 17.8. The topological polar surface area (TPSA) is 364 Å². The Labute approximate surface area is 305 Å². The summed E-state index contributed by atoms with van der Waals surface area (Å²) in [7, 11) is -16.4. The molecule has 1 aliphatic carbocycles. The summed E-state index contributed by atoms with van der Waals surface area (Å²) in [5.41, 5.74) is 4.27. The number of rotatable bonds is 20. The van der Waals surface area contributed by atoms with Crippen LogP contribution in [-0.4, -0.2) is 123 Å². The molecule has 0 spiro atoms. The number of aliphatic hydroxyl groups is 2. The Balaban J connectivity index is 1.25. The van der Waals surface area contributed by atoms with Crippen LogP contribution in [0.25, 0.3) is 11.2 Å². The second-order valence-electron chi connectivity index (χ2n) is 12.5. The molecule has 4 rings (SSSR count). The highest BCUT2D eigenvalue weighted by Crippen LogP contribution is 2.61. The van der Waals surface area contributed by atoms with E-state index >= 15 is 0 Å². The molecule has 1 saturated heterocycles. The number of ether oxygens (including phenoxy) is 1. The van der Waals surface area contributed by atoms with Crippen molar-refractivity contribution in [3.8, 4) is 0 Å². The average molecular weight is 836 g/mol. The number of anilines is 1. The van der Waals surface area contributed by atoms with Gasteiger partial charge in [0.2, 0.25) is 11.8 Å². The number of nitrogens with two attached hydrogens (primary N) is 1. The molecule has 2 aromatic rings. The number of carbonyl (C=O) groups is 3. The van der Waals surface area contributed by atoms with Gasteiger partial charge in [-0.3, -0.25) is 32.5 Å². The van der Waals surface area contributed by atoms with Gasteiger partial charge in [0.25, 0.3) is 0 Å². The number of imidazole rings is 1. The number of nitrogens with one attached hydrogen (secondary N) is 2. The summed E-state index contributed by atoms with van der Waals surface area (Å²) in [5, 5.41) is 26.4. The van der Waals surface area contributed by atoms with Crippen molar-refractivity contribution in [1.82, 2.24) is 30.2 Å². The van der Waals surface area contributed by atoms with Crippen LogP contribution in [0.5, 0.6) is 0 Å². The highest BCUT2D eigenvalue weighted by molar-refractivity contribution is 8.13. The lowest BCUT2D eigenvalue weighted by molar-refractivity contribution is -0.137. The molecule has 2 amide bonds. The number of phosphoric ester groups is 3. The zero-order valence-corrected chi connectivity index (χ0v) is 31.6. The fraction of sp³-hybridized carbons (Fsp3) is 0.680. The monoisotopic (exact) mass is 835 g/mol. The first-order valence-corrected chi connectivity index (χ1v) is 21.2. The van der Waals surface area contributed by atoms with Crippen molar-refractivity contribution >= 4 is 69.1 Å². The highest BCUT2D eigenvalue weighted by Gasteiger charge is 2.50. The molecule has 1 aliphatic heterocycles. The maximum absolute atomic E-state index is 12.6. The van der Waals surface area contributed by atoms with Gasteiger partial charge in [0.15, 0.2) is 22.8 Å². The molecule has 1 saturated carbocycles. The van der Waals surface area contributed by atoms with Gasteiger partial charge >= 0.3 is 23.5 Å². The number of thioether (sulfide) groups is 1. The number of carbonyl (C=O) groups excluding carboxylic acids is 3. The summed E-state index contributed by atoms with van der Waals surface area (Å²) in [6, 6.07) is 0. The van der Waals surface area contributed by atoms with Crippen LogP contribution in [0.4, 0.5) is 5.82 Å². The number of amides is 2. The largest absolute Gasteiger partial charge is 0.481 e. The predicted octanol–water partition coefficient (Wildman–Crippen LogP) is -0.925. The standard InChI is InChI=1S/C25H40N7O17P3S/c1-25(2,19(35)22(36)28-6-5-15(33)27-7-8-53-24(37)13-3-4-13)10-46-52(43,44)49-51(41,42)45-9-14-18(48-50(38,39)40)17(34)23(47-14)32-12-31-16-20(26)29-11-30-21(16)32/h11-14,17-19,23,34-35H,3-10H2,1-2H3,(H,27,33)(H,28,36)(H,41,42)(H,43,44)(H2,26,29,30)(H2,38,39,40)/t14-,17-,18-,19-,23-/m1/s1. The summed E-state index contributed by atoms with van der Waals surface area (Å²) >= 11 is 1.14. The molecule has 28 heteroatoms. The van der Waals surface area contributed by atoms with Gasteiger partial charge in [-0.25, -0.2) is 28.6 Å². The van der Waals surface area contributed by atoms with Gasteiger partial charge in [0.1, 0.15) is 36.3 Å². The Morgan fingerprint density at radius 2 is 1.75 bits per heavy atom. The number of nitrogens with zero attached hydrogens (tertiary/aromatic N) is 4. The van der Waals surface area contributed by atoms with E-state index in [4.69, 9.17) is 19.5 Å². The van der Waals surface area contributed by atoms with Crippen molar-refractivity contribution < 1.29 is 80.5 Å². The molecule has 298 valence electrons. The molecule has 3 heterocycles. The van der Waals surface area contributed by atoms with Gasteiger partial charge in [-0.2, -0.15) is 4.31 Å². The molecule has 10 N–H and O–H groups in total. The smallest absolute Gasteiger partial charge is 0.386 e. The fourth-order valence-corrected chi connectivity index (χ4v) is 8.42.